The van der Waals surface area contributed by atoms with Gasteiger partial charge in [-0.15, -0.1) is 0 Å². The van der Waals surface area contributed by atoms with E-state index in [-0.39, 0.29) is 18.3 Å². The molecular formula is C23H30N2O5. The van der Waals surface area contributed by atoms with E-state index in [1.807, 2.05) is 39.0 Å². The fourth-order valence-corrected chi connectivity index (χ4v) is 3.00. The molecule has 0 aromatic heterocycles. The number of unbranched alkanes of at least 4 members (excludes halogenated alkanes) is 2. The van der Waals surface area contributed by atoms with Gasteiger partial charge in [-0.05, 0) is 57.7 Å². The zero-order chi connectivity index (χ0) is 22.1. The number of ether oxygens (including phenoxy) is 2. The van der Waals surface area contributed by atoms with Gasteiger partial charge in [-0.2, -0.15) is 0 Å². The monoisotopic (exact) mass is 414 g/mol. The lowest BCUT2D eigenvalue weighted by molar-refractivity contribution is -0.143. The van der Waals surface area contributed by atoms with Gasteiger partial charge < -0.3 is 20.1 Å². The number of carbonyl (C=O) groups is 3. The molecule has 0 aliphatic carbocycles. The molecule has 7 nitrogen and oxygen atoms in total. The van der Waals surface area contributed by atoms with Crippen LogP contribution in [0.3, 0.4) is 0 Å². The number of alkyl carbamates (subject to hydrolysis) is 1. The van der Waals surface area contributed by atoms with Gasteiger partial charge in [0.05, 0.1) is 19.4 Å². The van der Waals surface area contributed by atoms with E-state index in [1.165, 1.54) is 7.11 Å². The lowest BCUT2D eigenvalue weighted by Crippen LogP contribution is -2.32. The molecule has 1 aliphatic rings. The van der Waals surface area contributed by atoms with Crippen LogP contribution >= 0.6 is 0 Å². The van der Waals surface area contributed by atoms with Crippen LogP contribution in [0.15, 0.2) is 18.2 Å². The van der Waals surface area contributed by atoms with Crippen LogP contribution in [-0.4, -0.2) is 37.2 Å². The van der Waals surface area contributed by atoms with Crippen molar-refractivity contribution in [1.82, 2.24) is 5.32 Å². The molecular weight excluding hydrogens is 384 g/mol. The number of hydrogen-bond acceptors (Lipinski definition) is 5. The Kier molecular flexibility index (Phi) is 8.28. The maximum Gasteiger partial charge on any atom is 0.407 e. The first-order valence-corrected chi connectivity index (χ1v) is 10.1. The predicted octanol–water partition coefficient (Wildman–Crippen LogP) is 3.41. The number of methoxy groups -OCH3 is 1. The van der Waals surface area contributed by atoms with E-state index in [0.29, 0.717) is 19.4 Å². The van der Waals surface area contributed by atoms with Crippen LogP contribution in [0.4, 0.5) is 10.5 Å². The van der Waals surface area contributed by atoms with E-state index >= 15 is 0 Å². The second kappa shape index (κ2) is 10.7. The first-order chi connectivity index (χ1) is 14.2. The minimum absolute atomic E-state index is 0.0755. The Morgan fingerprint density at radius 3 is 2.73 bits per heavy atom. The molecule has 7 heteroatoms. The van der Waals surface area contributed by atoms with Crippen LogP contribution in [0.2, 0.25) is 0 Å². The third kappa shape index (κ3) is 7.78. The highest BCUT2D eigenvalue weighted by molar-refractivity contribution is 5.97. The van der Waals surface area contributed by atoms with E-state index in [0.717, 1.165) is 29.7 Å². The van der Waals surface area contributed by atoms with E-state index in [1.54, 1.807) is 0 Å². The largest absolute Gasteiger partial charge is 0.469 e. The number of carbonyl (C=O) groups excluding carboxylic acids is 3. The summed E-state index contributed by atoms with van der Waals surface area (Å²) in [6.07, 6.45) is 2.56. The Morgan fingerprint density at radius 2 is 2.03 bits per heavy atom. The van der Waals surface area contributed by atoms with E-state index in [2.05, 4.69) is 27.2 Å². The molecule has 30 heavy (non-hydrogen) atoms. The topological polar surface area (TPSA) is 93.7 Å². The van der Waals surface area contributed by atoms with E-state index in [4.69, 9.17) is 4.74 Å². The van der Waals surface area contributed by atoms with Crippen molar-refractivity contribution in [3.8, 4) is 11.8 Å². The summed E-state index contributed by atoms with van der Waals surface area (Å²) in [6.45, 7) is 6.03. The molecule has 0 radical (unpaired) electrons. The zero-order valence-electron chi connectivity index (χ0n) is 18.1. The highest BCUT2D eigenvalue weighted by Crippen LogP contribution is 2.28. The Labute approximate surface area is 177 Å². The average molecular weight is 415 g/mol. The first-order valence-electron chi connectivity index (χ1n) is 10.1. The molecule has 1 aliphatic heterocycles. The quantitative estimate of drug-likeness (QED) is 0.423. The number of rotatable bonds is 6. The van der Waals surface area contributed by atoms with Gasteiger partial charge >= 0.3 is 12.1 Å². The third-order valence-electron chi connectivity index (χ3n) is 4.48. The molecule has 2 N–H and O–H groups in total. The summed E-state index contributed by atoms with van der Waals surface area (Å²) in [5.41, 5.74) is 2.07. The van der Waals surface area contributed by atoms with Gasteiger partial charge in [0, 0.05) is 24.2 Å². The molecule has 0 saturated heterocycles. The number of anilines is 1. The predicted molar refractivity (Wildman–Crippen MR) is 114 cm³/mol. The van der Waals surface area contributed by atoms with Gasteiger partial charge in [0.15, 0.2) is 0 Å². The second-order valence-electron chi connectivity index (χ2n) is 8.23. The standard InChI is InChI=1S/C23H30N2O5/c1-23(2,3)30-22(28)24-12-8-6-5-7-9-16-10-11-17-14-18(15-20(26)29-4)21(27)25-19(17)13-16/h10-11,13,18H,5-6,8,12,14-15H2,1-4H3,(H,24,28)(H,25,27). The van der Waals surface area contributed by atoms with Crippen molar-refractivity contribution in [2.24, 2.45) is 5.92 Å². The minimum atomic E-state index is -0.494. The van der Waals surface area contributed by atoms with Gasteiger partial charge in [-0.25, -0.2) is 4.79 Å². The van der Waals surface area contributed by atoms with Crippen LogP contribution in [0.5, 0.6) is 0 Å². The Bertz CT molecular complexity index is 845. The lowest BCUT2D eigenvalue weighted by Gasteiger charge is -2.24. The zero-order valence-corrected chi connectivity index (χ0v) is 18.1. The SMILES string of the molecule is COC(=O)CC1Cc2ccc(C#CCCCCNC(=O)OC(C)(C)C)cc2NC1=O. The number of amides is 2. The van der Waals surface area contributed by atoms with Gasteiger partial charge in [0.1, 0.15) is 5.60 Å². The fraction of sp³-hybridized carbons (Fsp3) is 0.522. The molecule has 1 heterocycles. The Hall–Kier alpha value is -3.01. The van der Waals surface area contributed by atoms with Crippen molar-refractivity contribution in [2.75, 3.05) is 19.0 Å². The summed E-state index contributed by atoms with van der Waals surface area (Å²) in [6, 6.07) is 5.72. The number of esters is 1. The fourth-order valence-electron chi connectivity index (χ4n) is 3.00. The molecule has 162 valence electrons. The van der Waals surface area contributed by atoms with Crippen molar-refractivity contribution >= 4 is 23.7 Å². The highest BCUT2D eigenvalue weighted by Gasteiger charge is 2.28. The van der Waals surface area contributed by atoms with Crippen LogP contribution in [-0.2, 0) is 25.5 Å². The third-order valence-corrected chi connectivity index (χ3v) is 4.48. The Balaban J connectivity index is 1.77. The number of fused-ring (bicyclic) bond motifs is 1. The second-order valence-corrected chi connectivity index (χ2v) is 8.23. The molecule has 0 saturated carbocycles. The van der Waals surface area contributed by atoms with Gasteiger partial charge in [0.25, 0.3) is 0 Å². The van der Waals surface area contributed by atoms with Crippen molar-refractivity contribution in [1.29, 1.82) is 0 Å². The number of benzene rings is 1. The van der Waals surface area contributed by atoms with E-state index in [9.17, 15) is 14.4 Å². The van der Waals surface area contributed by atoms with Crippen LogP contribution < -0.4 is 10.6 Å². The molecule has 1 unspecified atom stereocenters. The van der Waals surface area contributed by atoms with Crippen LogP contribution in [0, 0.1) is 17.8 Å². The molecule has 0 bridgehead atoms. The van der Waals surface area contributed by atoms with Crippen LogP contribution in [0.25, 0.3) is 0 Å². The number of hydrogen-bond donors (Lipinski definition) is 2. The average Bonchev–Trinajstić information content (AvgIpc) is 2.66. The van der Waals surface area contributed by atoms with Crippen molar-refractivity contribution in [3.63, 3.8) is 0 Å². The lowest BCUT2D eigenvalue weighted by atomic mass is 9.90. The van der Waals surface area contributed by atoms with Crippen molar-refractivity contribution in [3.05, 3.63) is 29.3 Å². The number of nitrogens with one attached hydrogen (secondary N) is 2. The van der Waals surface area contributed by atoms with E-state index < -0.39 is 17.6 Å². The molecule has 1 aromatic carbocycles. The van der Waals surface area contributed by atoms with Gasteiger partial charge in [-0.3, -0.25) is 9.59 Å². The van der Waals surface area contributed by atoms with Crippen molar-refractivity contribution < 1.29 is 23.9 Å². The van der Waals surface area contributed by atoms with Crippen molar-refractivity contribution in [2.45, 2.75) is 58.5 Å². The molecule has 0 fully saturated rings. The molecule has 0 spiro atoms. The normalized spacial score (nSPS) is 15.2. The maximum atomic E-state index is 12.2. The van der Waals surface area contributed by atoms with Gasteiger partial charge in [-0.1, -0.05) is 17.9 Å². The summed E-state index contributed by atoms with van der Waals surface area (Å²) >= 11 is 0. The Morgan fingerprint density at radius 1 is 1.27 bits per heavy atom. The molecule has 2 rings (SSSR count). The maximum absolute atomic E-state index is 12.2. The first kappa shape index (κ1) is 23.3. The highest BCUT2D eigenvalue weighted by atomic mass is 16.6. The summed E-state index contributed by atoms with van der Waals surface area (Å²) in [4.78, 5) is 35.2. The van der Waals surface area contributed by atoms with Gasteiger partial charge in [0.2, 0.25) is 5.91 Å². The minimum Gasteiger partial charge on any atom is -0.469 e. The molecule has 1 aromatic rings. The summed E-state index contributed by atoms with van der Waals surface area (Å²) in [7, 11) is 1.32. The molecule has 1 atom stereocenters. The smallest absolute Gasteiger partial charge is 0.407 e. The summed E-state index contributed by atoms with van der Waals surface area (Å²) < 4.78 is 9.83. The summed E-state index contributed by atoms with van der Waals surface area (Å²) in [5.74, 6) is 5.26. The molecule has 2 amide bonds. The summed E-state index contributed by atoms with van der Waals surface area (Å²) in [5, 5.41) is 5.58. The van der Waals surface area contributed by atoms with Crippen LogP contribution in [0.1, 0.15) is 57.6 Å².